The third-order valence-electron chi connectivity index (χ3n) is 4.89. The fourth-order valence-corrected chi connectivity index (χ4v) is 3.41. The summed E-state index contributed by atoms with van der Waals surface area (Å²) in [7, 11) is 1.56. The summed E-state index contributed by atoms with van der Waals surface area (Å²) >= 11 is 0. The molecule has 1 amide bonds. The molecule has 0 unspecified atom stereocenters. The molecule has 0 spiro atoms. The van der Waals surface area contributed by atoms with Crippen LogP contribution < -0.4 is 4.90 Å². The molecule has 10 heteroatoms. The van der Waals surface area contributed by atoms with Crippen molar-refractivity contribution in [2.24, 2.45) is 0 Å². The third-order valence-corrected chi connectivity index (χ3v) is 4.89. The van der Waals surface area contributed by atoms with Crippen molar-refractivity contribution in [2.75, 3.05) is 38.2 Å². The van der Waals surface area contributed by atoms with E-state index >= 15 is 0 Å². The highest BCUT2D eigenvalue weighted by molar-refractivity contribution is 5.94. The third kappa shape index (κ3) is 4.70. The number of amides is 1. The number of ether oxygens (including phenoxy) is 1. The zero-order valence-electron chi connectivity index (χ0n) is 16.2. The lowest BCUT2D eigenvalue weighted by molar-refractivity contribution is -0.384. The largest absolute Gasteiger partial charge is 0.416 e. The Morgan fingerprint density at radius 3 is 2.43 bits per heavy atom. The Hall–Kier alpha value is -3.14. The van der Waals surface area contributed by atoms with Gasteiger partial charge in [-0.25, -0.2) is 0 Å². The van der Waals surface area contributed by atoms with Crippen molar-refractivity contribution in [3.05, 3.63) is 69.3 Å². The van der Waals surface area contributed by atoms with Gasteiger partial charge in [0, 0.05) is 44.9 Å². The molecule has 7 nitrogen and oxygen atoms in total. The average molecular weight is 423 g/mol. The monoisotopic (exact) mass is 423 g/mol. The van der Waals surface area contributed by atoms with Crippen LogP contribution in [-0.2, 0) is 17.5 Å². The highest BCUT2D eigenvalue weighted by Gasteiger charge is 2.34. The molecule has 1 aliphatic rings. The molecule has 0 saturated carbocycles. The summed E-state index contributed by atoms with van der Waals surface area (Å²) in [6, 6.07) is 9.57. The Morgan fingerprint density at radius 2 is 1.83 bits per heavy atom. The van der Waals surface area contributed by atoms with Gasteiger partial charge in [0.05, 0.1) is 17.1 Å². The van der Waals surface area contributed by atoms with Crippen LogP contribution in [0.4, 0.5) is 24.5 Å². The number of nitrogens with zero attached hydrogens (tertiary/aromatic N) is 3. The number of hydrogen-bond acceptors (Lipinski definition) is 5. The van der Waals surface area contributed by atoms with Crippen LogP contribution in [0.15, 0.2) is 42.5 Å². The minimum Gasteiger partial charge on any atom is -0.380 e. The van der Waals surface area contributed by atoms with E-state index in [1.807, 2.05) is 6.07 Å². The lowest BCUT2D eigenvalue weighted by atomic mass is 10.1. The molecule has 1 aliphatic heterocycles. The molecular weight excluding hydrogens is 403 g/mol. The van der Waals surface area contributed by atoms with Gasteiger partial charge in [-0.2, -0.15) is 13.2 Å². The van der Waals surface area contributed by atoms with E-state index in [0.29, 0.717) is 31.3 Å². The molecule has 0 aliphatic carbocycles. The van der Waals surface area contributed by atoms with E-state index in [9.17, 15) is 28.1 Å². The summed E-state index contributed by atoms with van der Waals surface area (Å²) < 4.78 is 43.8. The van der Waals surface area contributed by atoms with E-state index in [2.05, 4.69) is 0 Å². The maximum atomic E-state index is 12.9. The molecule has 0 atom stereocenters. The van der Waals surface area contributed by atoms with Crippen molar-refractivity contribution in [1.82, 2.24) is 4.90 Å². The van der Waals surface area contributed by atoms with E-state index in [1.54, 1.807) is 35.1 Å². The van der Waals surface area contributed by atoms with Crippen LogP contribution in [0.25, 0.3) is 0 Å². The number of halogens is 3. The minimum absolute atomic E-state index is 0.113. The van der Waals surface area contributed by atoms with Gasteiger partial charge in [0.25, 0.3) is 11.6 Å². The first-order valence-electron chi connectivity index (χ1n) is 9.18. The highest BCUT2D eigenvalue weighted by atomic mass is 19.4. The number of hydrogen-bond donors (Lipinski definition) is 0. The second-order valence-electron chi connectivity index (χ2n) is 6.87. The zero-order valence-corrected chi connectivity index (χ0v) is 16.2. The Morgan fingerprint density at radius 1 is 1.13 bits per heavy atom. The second-order valence-corrected chi connectivity index (χ2v) is 6.87. The molecule has 1 heterocycles. The zero-order chi connectivity index (χ0) is 21.9. The van der Waals surface area contributed by atoms with Gasteiger partial charge in [0.2, 0.25) is 0 Å². The van der Waals surface area contributed by atoms with Crippen molar-refractivity contribution < 1.29 is 27.6 Å². The first-order valence-corrected chi connectivity index (χ1v) is 9.18. The molecule has 30 heavy (non-hydrogen) atoms. The summed E-state index contributed by atoms with van der Waals surface area (Å²) in [6.45, 7) is 1.52. The Balaban J connectivity index is 1.73. The average Bonchev–Trinajstić information content (AvgIpc) is 2.72. The number of nitro groups is 1. The standard InChI is InChI=1S/C20H20F3N3O4/c1-30-13-14-3-2-4-15(11-14)19(27)25-9-7-24(8-10-25)17-6-5-16(20(21,22)23)12-18(17)26(28)29/h2-6,11-12H,7-10,13H2,1H3. The quantitative estimate of drug-likeness (QED) is 0.541. The van der Waals surface area contributed by atoms with E-state index in [4.69, 9.17) is 4.74 Å². The van der Waals surface area contributed by atoms with E-state index in [0.717, 1.165) is 17.7 Å². The van der Waals surface area contributed by atoms with Crippen LogP contribution in [0.5, 0.6) is 0 Å². The molecule has 2 aromatic rings. The number of benzene rings is 2. The molecule has 0 radical (unpaired) electrons. The van der Waals surface area contributed by atoms with Crippen molar-refractivity contribution in [2.45, 2.75) is 12.8 Å². The highest BCUT2D eigenvalue weighted by Crippen LogP contribution is 2.36. The van der Waals surface area contributed by atoms with Crippen molar-refractivity contribution in [1.29, 1.82) is 0 Å². The van der Waals surface area contributed by atoms with Gasteiger partial charge in [0.1, 0.15) is 5.69 Å². The van der Waals surface area contributed by atoms with E-state index in [1.165, 1.54) is 0 Å². The predicted octanol–water partition coefficient (Wildman–Crippen LogP) is 3.72. The number of methoxy groups -OCH3 is 1. The van der Waals surface area contributed by atoms with Crippen LogP contribution >= 0.6 is 0 Å². The van der Waals surface area contributed by atoms with Gasteiger partial charge in [-0.1, -0.05) is 12.1 Å². The summed E-state index contributed by atoms with van der Waals surface area (Å²) in [5.74, 6) is -0.172. The maximum absolute atomic E-state index is 12.9. The molecule has 0 aromatic heterocycles. The lowest BCUT2D eigenvalue weighted by Crippen LogP contribution is -2.49. The first-order chi connectivity index (χ1) is 14.2. The molecule has 2 aromatic carbocycles. The number of nitro benzene ring substituents is 1. The topological polar surface area (TPSA) is 75.9 Å². The van der Waals surface area contributed by atoms with Gasteiger partial charge < -0.3 is 14.5 Å². The summed E-state index contributed by atoms with van der Waals surface area (Å²) in [5, 5.41) is 11.3. The van der Waals surface area contributed by atoms with Crippen LogP contribution in [0, 0.1) is 10.1 Å². The second kappa shape index (κ2) is 8.70. The Labute approximate surface area is 170 Å². The number of carbonyl (C=O) groups excluding carboxylic acids is 1. The first kappa shape index (κ1) is 21.6. The van der Waals surface area contributed by atoms with Gasteiger partial charge in [0.15, 0.2) is 0 Å². The molecule has 1 fully saturated rings. The number of piperazine rings is 1. The van der Waals surface area contributed by atoms with E-state index < -0.39 is 22.4 Å². The molecule has 3 rings (SSSR count). The van der Waals surface area contributed by atoms with Crippen molar-refractivity contribution in [3.8, 4) is 0 Å². The number of rotatable bonds is 5. The minimum atomic E-state index is -4.66. The van der Waals surface area contributed by atoms with Crippen LogP contribution in [0.2, 0.25) is 0 Å². The molecule has 0 N–H and O–H groups in total. The van der Waals surface area contributed by atoms with Gasteiger partial charge in [-0.3, -0.25) is 14.9 Å². The molecular formula is C20H20F3N3O4. The van der Waals surface area contributed by atoms with Crippen LogP contribution in [-0.4, -0.2) is 49.0 Å². The SMILES string of the molecule is COCc1cccc(C(=O)N2CCN(c3ccc(C(F)(F)F)cc3[N+](=O)[O-])CC2)c1. The number of carbonyl (C=O) groups is 1. The van der Waals surface area contributed by atoms with Crippen molar-refractivity contribution >= 4 is 17.3 Å². The van der Waals surface area contributed by atoms with Crippen molar-refractivity contribution in [3.63, 3.8) is 0 Å². The van der Waals surface area contributed by atoms with Crippen LogP contribution in [0.1, 0.15) is 21.5 Å². The number of anilines is 1. The van der Waals surface area contributed by atoms with Gasteiger partial charge >= 0.3 is 6.18 Å². The Kier molecular flexibility index (Phi) is 6.25. The molecule has 1 saturated heterocycles. The summed E-state index contributed by atoms with van der Waals surface area (Å²) in [6.07, 6.45) is -4.66. The van der Waals surface area contributed by atoms with Gasteiger partial charge in [-0.15, -0.1) is 0 Å². The fraction of sp³-hybridized carbons (Fsp3) is 0.350. The lowest BCUT2D eigenvalue weighted by Gasteiger charge is -2.36. The predicted molar refractivity (Wildman–Crippen MR) is 103 cm³/mol. The maximum Gasteiger partial charge on any atom is 0.416 e. The van der Waals surface area contributed by atoms with E-state index in [-0.39, 0.29) is 24.7 Å². The van der Waals surface area contributed by atoms with Crippen LogP contribution in [0.3, 0.4) is 0 Å². The number of alkyl halides is 3. The Bertz CT molecular complexity index is 941. The summed E-state index contributed by atoms with van der Waals surface area (Å²) in [4.78, 5) is 26.5. The smallest absolute Gasteiger partial charge is 0.380 e. The molecule has 160 valence electrons. The summed E-state index contributed by atoms with van der Waals surface area (Å²) in [5.41, 5.74) is -0.178. The normalized spacial score (nSPS) is 14.7. The van der Waals surface area contributed by atoms with Gasteiger partial charge in [-0.05, 0) is 29.8 Å². The fourth-order valence-electron chi connectivity index (χ4n) is 3.41. The molecule has 0 bridgehead atoms.